The number of nitrogens with zero attached hydrogens (tertiary/aromatic N) is 2. The number of para-hydroxylation sites is 2. The summed E-state index contributed by atoms with van der Waals surface area (Å²) < 4.78 is 2.17. The second kappa shape index (κ2) is 8.04. The average molecular weight is 350 g/mol. The maximum atomic E-state index is 11.9. The van der Waals surface area contributed by atoms with Crippen molar-refractivity contribution in [1.29, 1.82) is 0 Å². The molecule has 0 aliphatic rings. The van der Waals surface area contributed by atoms with Crippen molar-refractivity contribution in [3.05, 3.63) is 54.1 Å². The number of aryl methyl sites for hydroxylation is 1. The molecule has 136 valence electrons. The molecule has 0 aliphatic heterocycles. The van der Waals surface area contributed by atoms with Gasteiger partial charge in [0.15, 0.2) is 0 Å². The third kappa shape index (κ3) is 4.23. The second-order valence-corrected chi connectivity index (χ2v) is 6.97. The Morgan fingerprint density at radius 3 is 2.54 bits per heavy atom. The quantitative estimate of drug-likeness (QED) is 0.707. The number of fused-ring (bicyclic) bond motifs is 1. The highest BCUT2D eigenvalue weighted by atomic mass is 16.2. The van der Waals surface area contributed by atoms with Crippen LogP contribution in [0.2, 0.25) is 0 Å². The predicted molar refractivity (Wildman–Crippen MR) is 106 cm³/mol. The van der Waals surface area contributed by atoms with Gasteiger partial charge in [0.1, 0.15) is 5.82 Å². The van der Waals surface area contributed by atoms with Crippen LogP contribution in [0.4, 0.5) is 4.79 Å². The van der Waals surface area contributed by atoms with Gasteiger partial charge in [0, 0.05) is 25.2 Å². The van der Waals surface area contributed by atoms with Crippen LogP contribution in [-0.4, -0.2) is 28.7 Å². The number of hydrogen-bond acceptors (Lipinski definition) is 2. The summed E-state index contributed by atoms with van der Waals surface area (Å²) >= 11 is 0. The van der Waals surface area contributed by atoms with Gasteiger partial charge >= 0.3 is 6.03 Å². The van der Waals surface area contributed by atoms with Gasteiger partial charge in [-0.2, -0.15) is 0 Å². The number of urea groups is 1. The van der Waals surface area contributed by atoms with Crippen LogP contribution in [0.3, 0.4) is 0 Å². The molecular formula is C21H26N4O. The van der Waals surface area contributed by atoms with Crippen LogP contribution < -0.4 is 10.6 Å². The zero-order chi connectivity index (χ0) is 18.5. The smallest absolute Gasteiger partial charge is 0.314 e. The molecule has 0 saturated heterocycles. The van der Waals surface area contributed by atoms with Crippen molar-refractivity contribution in [2.45, 2.75) is 27.3 Å². The van der Waals surface area contributed by atoms with Crippen LogP contribution in [0.5, 0.6) is 0 Å². The molecular weight excluding hydrogens is 324 g/mol. The summed E-state index contributed by atoms with van der Waals surface area (Å²) in [6.45, 7) is 8.11. The highest BCUT2D eigenvalue weighted by Crippen LogP contribution is 2.24. The molecule has 3 aromatic rings. The highest BCUT2D eigenvalue weighted by molar-refractivity contribution is 5.80. The van der Waals surface area contributed by atoms with E-state index in [4.69, 9.17) is 4.98 Å². The van der Waals surface area contributed by atoms with Crippen LogP contribution in [0.15, 0.2) is 48.5 Å². The molecule has 2 amide bonds. The number of amides is 2. The van der Waals surface area contributed by atoms with Crippen molar-refractivity contribution >= 4 is 17.1 Å². The van der Waals surface area contributed by atoms with Crippen molar-refractivity contribution in [3.8, 4) is 11.4 Å². The van der Waals surface area contributed by atoms with Crippen molar-refractivity contribution in [2.75, 3.05) is 13.1 Å². The predicted octanol–water partition coefficient (Wildman–Crippen LogP) is 3.97. The number of aromatic nitrogens is 2. The van der Waals surface area contributed by atoms with E-state index in [0.717, 1.165) is 22.4 Å². The molecule has 0 aliphatic carbocycles. The number of carbonyl (C=O) groups excluding carboxylic acids is 1. The van der Waals surface area contributed by atoms with Crippen LogP contribution in [0, 0.1) is 12.8 Å². The molecule has 0 unspecified atom stereocenters. The summed E-state index contributed by atoms with van der Waals surface area (Å²) in [5.41, 5.74) is 4.34. The molecule has 2 N–H and O–H groups in total. The number of nitrogens with one attached hydrogen (secondary N) is 2. The van der Waals surface area contributed by atoms with Gasteiger partial charge in [-0.05, 0) is 25.0 Å². The third-order valence-electron chi connectivity index (χ3n) is 4.26. The second-order valence-electron chi connectivity index (χ2n) is 6.97. The Balaban J connectivity index is 1.79. The molecule has 3 rings (SSSR count). The SMILES string of the molecule is Cc1ccc(-c2nc3ccccc3n2CCNC(=O)NCC(C)C)cc1. The van der Waals surface area contributed by atoms with Crippen molar-refractivity contribution in [1.82, 2.24) is 20.2 Å². The van der Waals surface area contributed by atoms with Gasteiger partial charge in [-0.3, -0.25) is 0 Å². The minimum Gasteiger partial charge on any atom is -0.338 e. The van der Waals surface area contributed by atoms with E-state index >= 15 is 0 Å². The average Bonchev–Trinajstić information content (AvgIpc) is 2.99. The van der Waals surface area contributed by atoms with E-state index in [1.807, 2.05) is 18.2 Å². The number of rotatable bonds is 6. The molecule has 5 heteroatoms. The van der Waals surface area contributed by atoms with E-state index in [1.54, 1.807) is 0 Å². The van der Waals surface area contributed by atoms with Crippen LogP contribution >= 0.6 is 0 Å². The maximum absolute atomic E-state index is 11.9. The van der Waals surface area contributed by atoms with Gasteiger partial charge in [-0.25, -0.2) is 9.78 Å². The Hall–Kier alpha value is -2.82. The molecule has 0 fully saturated rings. The molecule has 1 aromatic heterocycles. The largest absolute Gasteiger partial charge is 0.338 e. The number of hydrogen-bond donors (Lipinski definition) is 2. The fourth-order valence-corrected chi connectivity index (χ4v) is 2.87. The van der Waals surface area contributed by atoms with E-state index < -0.39 is 0 Å². The topological polar surface area (TPSA) is 59.0 Å². The van der Waals surface area contributed by atoms with E-state index in [-0.39, 0.29) is 6.03 Å². The Bertz CT molecular complexity index is 881. The zero-order valence-corrected chi connectivity index (χ0v) is 15.6. The van der Waals surface area contributed by atoms with Gasteiger partial charge < -0.3 is 15.2 Å². The van der Waals surface area contributed by atoms with E-state index in [0.29, 0.717) is 25.6 Å². The van der Waals surface area contributed by atoms with E-state index in [2.05, 4.69) is 66.3 Å². The summed E-state index contributed by atoms with van der Waals surface area (Å²) in [5.74, 6) is 1.36. The summed E-state index contributed by atoms with van der Waals surface area (Å²) in [5, 5.41) is 5.81. The molecule has 0 saturated carbocycles. The number of imidazole rings is 1. The fraction of sp³-hybridized carbons (Fsp3) is 0.333. The Morgan fingerprint density at radius 2 is 1.81 bits per heavy atom. The third-order valence-corrected chi connectivity index (χ3v) is 4.26. The molecule has 0 radical (unpaired) electrons. The molecule has 2 aromatic carbocycles. The first-order valence-corrected chi connectivity index (χ1v) is 9.08. The normalized spacial score (nSPS) is 11.1. The van der Waals surface area contributed by atoms with Gasteiger partial charge in [0.05, 0.1) is 11.0 Å². The Kier molecular flexibility index (Phi) is 5.56. The number of carbonyl (C=O) groups is 1. The molecule has 0 spiro atoms. The van der Waals surface area contributed by atoms with Crippen molar-refractivity contribution in [3.63, 3.8) is 0 Å². The fourth-order valence-electron chi connectivity index (χ4n) is 2.87. The van der Waals surface area contributed by atoms with Crippen molar-refractivity contribution < 1.29 is 4.79 Å². The van der Waals surface area contributed by atoms with Gasteiger partial charge in [-0.15, -0.1) is 0 Å². The minimum atomic E-state index is -0.125. The standard InChI is InChI=1S/C21H26N4O/c1-15(2)14-23-21(26)22-12-13-25-19-7-5-4-6-18(19)24-20(25)17-10-8-16(3)9-11-17/h4-11,15H,12-14H2,1-3H3,(H2,22,23,26). The zero-order valence-electron chi connectivity index (χ0n) is 15.6. The summed E-state index contributed by atoms with van der Waals surface area (Å²) in [6, 6.07) is 16.3. The molecule has 26 heavy (non-hydrogen) atoms. The lowest BCUT2D eigenvalue weighted by atomic mass is 10.1. The molecule has 0 atom stereocenters. The minimum absolute atomic E-state index is 0.125. The van der Waals surface area contributed by atoms with Crippen LogP contribution in [0.25, 0.3) is 22.4 Å². The lowest BCUT2D eigenvalue weighted by Crippen LogP contribution is -2.38. The first-order chi connectivity index (χ1) is 12.5. The maximum Gasteiger partial charge on any atom is 0.314 e. The van der Waals surface area contributed by atoms with Crippen LogP contribution in [0.1, 0.15) is 19.4 Å². The summed E-state index contributed by atoms with van der Waals surface area (Å²) in [4.78, 5) is 16.7. The molecule has 1 heterocycles. The van der Waals surface area contributed by atoms with Crippen molar-refractivity contribution in [2.24, 2.45) is 5.92 Å². The first kappa shape index (κ1) is 18.0. The molecule has 0 bridgehead atoms. The first-order valence-electron chi connectivity index (χ1n) is 9.08. The lowest BCUT2D eigenvalue weighted by molar-refractivity contribution is 0.239. The van der Waals surface area contributed by atoms with Gasteiger partial charge in [0.25, 0.3) is 0 Å². The highest BCUT2D eigenvalue weighted by Gasteiger charge is 2.12. The van der Waals surface area contributed by atoms with Gasteiger partial charge in [0.2, 0.25) is 0 Å². The molecule has 5 nitrogen and oxygen atoms in total. The Morgan fingerprint density at radius 1 is 1.08 bits per heavy atom. The number of benzene rings is 2. The lowest BCUT2D eigenvalue weighted by Gasteiger charge is -2.12. The van der Waals surface area contributed by atoms with Crippen LogP contribution in [-0.2, 0) is 6.54 Å². The van der Waals surface area contributed by atoms with E-state index in [9.17, 15) is 4.79 Å². The Labute approximate surface area is 154 Å². The monoisotopic (exact) mass is 350 g/mol. The van der Waals surface area contributed by atoms with Gasteiger partial charge in [-0.1, -0.05) is 55.8 Å². The summed E-state index contributed by atoms with van der Waals surface area (Å²) in [7, 11) is 0. The summed E-state index contributed by atoms with van der Waals surface area (Å²) in [6.07, 6.45) is 0. The van der Waals surface area contributed by atoms with E-state index in [1.165, 1.54) is 5.56 Å².